The van der Waals surface area contributed by atoms with E-state index in [0.29, 0.717) is 78.8 Å². The van der Waals surface area contributed by atoms with Gasteiger partial charge in [-0.15, -0.1) is 5.10 Å². The molecule has 4 aliphatic rings. The van der Waals surface area contributed by atoms with Crippen LogP contribution in [0.2, 0.25) is 0 Å². The van der Waals surface area contributed by atoms with Crippen LogP contribution in [0.3, 0.4) is 0 Å². The van der Waals surface area contributed by atoms with Crippen LogP contribution in [-0.2, 0) is 73.7 Å². The van der Waals surface area contributed by atoms with Gasteiger partial charge in [-0.25, -0.2) is 38.6 Å². The molecule has 6 aromatic rings. The number of aliphatic hydroxyl groups excluding tert-OH is 1. The van der Waals surface area contributed by atoms with Crippen LogP contribution in [0.25, 0.3) is 16.9 Å². The number of cyclic esters (lactones) is 1. The van der Waals surface area contributed by atoms with Crippen molar-refractivity contribution in [2.75, 3.05) is 36.1 Å². The van der Waals surface area contributed by atoms with E-state index in [4.69, 9.17) is 30.4 Å². The largest absolute Gasteiger partial charge is 0.492 e. The molecule has 2 aliphatic heterocycles. The maximum absolute atomic E-state index is 14.1. The Hall–Kier alpha value is -13.5. The Bertz CT molecular complexity index is 5190. The average Bonchev–Trinajstić information content (AvgIpc) is 1.60. The van der Waals surface area contributed by atoms with E-state index in [1.54, 1.807) is 92.2 Å². The van der Waals surface area contributed by atoms with E-state index in [-0.39, 0.29) is 160 Å². The molecule has 3 aromatic carbocycles. The first-order chi connectivity index (χ1) is 63.2. The monoisotopic (exact) mass is 1820 g/mol. The first-order valence-electron chi connectivity index (χ1n) is 45.1. The molecule has 10 amide bonds. The number of nitrogen functional groups attached to an aromatic ring is 1. The van der Waals surface area contributed by atoms with E-state index in [2.05, 4.69) is 96.4 Å². The minimum atomic E-state index is -1.31. The Kier molecular flexibility index (Phi) is 37.8. The number of aromatic nitrogens is 7. The molecular weight excluding hydrogens is 1700 g/mol. The van der Waals surface area contributed by atoms with Crippen molar-refractivity contribution in [1.82, 2.24) is 77.5 Å². The van der Waals surface area contributed by atoms with Crippen LogP contribution >= 0.6 is 0 Å². The number of aliphatic hydroxyl groups is 1. The van der Waals surface area contributed by atoms with E-state index in [0.717, 1.165) is 47.5 Å². The number of aryl methyl sites for hydroxylation is 1. The van der Waals surface area contributed by atoms with Crippen LogP contribution in [0.15, 0.2) is 151 Å². The third-order valence-electron chi connectivity index (χ3n) is 23.6. The van der Waals surface area contributed by atoms with Crippen LogP contribution in [0.5, 0.6) is 5.88 Å². The van der Waals surface area contributed by atoms with E-state index in [1.165, 1.54) is 12.3 Å². The number of esters is 1. The van der Waals surface area contributed by atoms with Gasteiger partial charge in [-0.1, -0.05) is 105 Å². The summed E-state index contributed by atoms with van der Waals surface area (Å²) >= 11 is 0. The second-order valence-electron chi connectivity index (χ2n) is 34.7. The number of ether oxygens (including phenoxy) is 4. The summed E-state index contributed by atoms with van der Waals surface area (Å²) < 4.78 is 25.1. The van der Waals surface area contributed by atoms with Crippen molar-refractivity contribution >= 4 is 94.1 Å². The third kappa shape index (κ3) is 31.4. The minimum Gasteiger partial charge on any atom is -0.492 e. The van der Waals surface area contributed by atoms with Crippen molar-refractivity contribution < 1.29 is 87.0 Å². The molecular formula is C95H125N19O18. The fourth-order valence-electron chi connectivity index (χ4n) is 16.3. The number of nitrogens with one attached hydrogen (secondary N) is 10. The Morgan fingerprint density at radius 1 is 0.727 bits per heavy atom. The summed E-state index contributed by atoms with van der Waals surface area (Å²) in [6, 6.07) is 14.6. The molecule has 1 saturated heterocycles. The highest BCUT2D eigenvalue weighted by Gasteiger charge is 2.51. The third-order valence-corrected chi connectivity index (χ3v) is 23.6. The van der Waals surface area contributed by atoms with Crippen LogP contribution < -0.4 is 64.6 Å². The predicted octanol–water partition coefficient (Wildman–Crippen LogP) is 9.55. The van der Waals surface area contributed by atoms with Gasteiger partial charge in [0.15, 0.2) is 11.2 Å². The number of carboxylic acids is 1. The summed E-state index contributed by atoms with van der Waals surface area (Å²) in [6.45, 7) is 17.7. The number of aromatic hydroxyl groups is 1. The number of nitrogens with two attached hydrogens (primary N) is 2. The van der Waals surface area contributed by atoms with E-state index < -0.39 is 96.3 Å². The number of amides is 10. The molecule has 5 heterocycles. The van der Waals surface area contributed by atoms with Gasteiger partial charge in [-0.3, -0.25) is 28.8 Å². The van der Waals surface area contributed by atoms with Gasteiger partial charge in [0.25, 0.3) is 11.8 Å². The van der Waals surface area contributed by atoms with Crippen LogP contribution in [0, 0.1) is 35.5 Å². The minimum absolute atomic E-state index is 0.0688. The fourth-order valence-corrected chi connectivity index (χ4v) is 16.3. The number of primary amides is 1. The Morgan fingerprint density at radius 3 is 2.14 bits per heavy atom. The molecule has 2 fully saturated rings. The number of carbonyl (C=O) groups excluding carboxylic acids is 10. The lowest BCUT2D eigenvalue weighted by Crippen LogP contribution is -2.54. The van der Waals surface area contributed by atoms with Gasteiger partial charge >= 0.3 is 30.2 Å². The summed E-state index contributed by atoms with van der Waals surface area (Å²) in [5.74, 6) is -4.77. The van der Waals surface area contributed by atoms with Crippen LogP contribution in [-0.4, -0.2) is 196 Å². The highest BCUT2D eigenvalue weighted by Crippen LogP contribution is 2.53. The zero-order valence-electron chi connectivity index (χ0n) is 76.1. The number of anilines is 3. The molecule has 708 valence electrons. The molecule has 0 bridgehead atoms. The van der Waals surface area contributed by atoms with Crippen molar-refractivity contribution in [3.63, 3.8) is 0 Å². The number of alkyl carbamates (subject to hydrolysis) is 2. The average molecular weight is 1820 g/mol. The van der Waals surface area contributed by atoms with Gasteiger partial charge < -0.3 is 98.9 Å². The number of rotatable bonds is 45. The quantitative estimate of drug-likeness (QED) is 0.00556. The predicted molar refractivity (Wildman–Crippen MR) is 493 cm³/mol. The van der Waals surface area contributed by atoms with Crippen LogP contribution in [0.4, 0.5) is 31.7 Å². The molecule has 1 saturated carbocycles. The topological polar surface area (TPSA) is 540 Å². The number of carbonyl (C=O) groups is 11. The van der Waals surface area contributed by atoms with Gasteiger partial charge in [-0.05, 0) is 214 Å². The first-order valence-corrected chi connectivity index (χ1v) is 45.1. The zero-order valence-corrected chi connectivity index (χ0v) is 76.1. The van der Waals surface area contributed by atoms with E-state index in [9.17, 15) is 68.1 Å². The molecule has 37 heteroatoms. The lowest BCUT2D eigenvalue weighted by Gasteiger charge is -2.39. The fraction of sp³-hybridized carbons (Fsp3) is 0.484. The summed E-state index contributed by atoms with van der Waals surface area (Å²) in [6.07, 6.45) is 23.2. The molecule has 0 spiro atoms. The molecule has 15 atom stereocenters. The first kappa shape index (κ1) is 101. The SMILES string of the molecule is C/C=C/C1OC([C@@H](/C=C/C=C(\C)C[C@@H](C)/C=C(C)\C=C\C2CC=CC(=O)O2)NC(=O)OCc2ccc(NC(=O)[C@H](CCCNC(N)=O)NC(=O)[C@@H](NC(=O)OC[C@@H]3C4CCc5nnn(-c6ccc(C(=O)NCCCC[C@@H](C)NC(=O)CC[C@H](NC(=O)CC[C@@H](C)NC(=O)c7ccc(NCc8cnc9nc(N)nc(O)c9n8)cc7)C(=O)O)cc6)c5CC[C@@H]43)C(C)C)cc2)C[C@@H](O)[C@@H]1C. The molecule has 0 radical (unpaired) electrons. The van der Waals surface area contributed by atoms with Crippen molar-refractivity contribution in [1.29, 1.82) is 0 Å². The Morgan fingerprint density at radius 2 is 1.42 bits per heavy atom. The number of nitrogens with zero attached hydrogens (tertiary/aromatic N) is 7. The zero-order chi connectivity index (χ0) is 95.1. The molecule has 132 heavy (non-hydrogen) atoms. The van der Waals surface area contributed by atoms with Crippen molar-refractivity contribution in [3.8, 4) is 11.6 Å². The molecule has 17 N–H and O–H groups in total. The number of benzene rings is 3. The van der Waals surface area contributed by atoms with E-state index in [1.807, 2.05) is 89.3 Å². The number of hydrogen-bond acceptors (Lipinski definition) is 25. The maximum atomic E-state index is 14.1. The molecule has 4 unspecified atom stereocenters. The summed E-state index contributed by atoms with van der Waals surface area (Å²) in [7, 11) is 0. The highest BCUT2D eigenvalue weighted by atomic mass is 16.6. The van der Waals surface area contributed by atoms with Gasteiger partial charge in [0.2, 0.25) is 35.5 Å². The lowest BCUT2D eigenvalue weighted by atomic mass is 9.87. The molecule has 10 rings (SSSR count). The van der Waals surface area contributed by atoms with Gasteiger partial charge in [-0.2, -0.15) is 9.97 Å². The number of fused-ring (bicyclic) bond motifs is 3. The standard InChI is InChI=1S/C95H125N19O18/c1-10-16-78-60(9)77(115)49-79(132-78)73(20-13-17-55(4)47-57(6)48-56(5)23-37-68-19-14-22-82(118)131-68)108-94(127)129-52-61-25-31-65(32-26-61)105-88(121)74(21-15-46-99-93(97)126)107-89(122)83(54(2)3)109-95(128)130-53-71-69-38-40-72-76(42-39-70(69)71)114(113-112-72)67-35-29-62(30-36-67)86(119)98-45-12-11-18-58(7)102-80(116)44-41-75(91(124)125)106-81(117)43-24-59(8)103-87(120)63-27-33-64(34-28-63)100-50-66-51-101-85-84(104-66)90(123)111-92(96)110-85/h10,13-14,16-17,20,22-23,25-37,48,51,54,57-60,68-71,73-75,77-79,83,100,115H,11-12,15,18-19,21,24,38-47,49-50,52-53H2,1-9H3,(H,98,119)(H,102,116)(H,103,120)(H,105,121)(H,106,117)(H,107,122)(H,108,127)(H,109,128)(H,124,125)(H3,97,99,126)(H3,96,101,110,111,123)/b16-10+,20-13+,37-23+,55-17+,56-48-/t57-,58-,59-,60+,68?,69?,70+,71-,73-,74+,75+,77-,78?,79?,83+/m1/s1. The van der Waals surface area contributed by atoms with Crippen molar-refractivity contribution in [2.45, 2.75) is 239 Å². The summed E-state index contributed by atoms with van der Waals surface area (Å²) in [5.41, 5.74) is 18.8. The number of aliphatic carboxylic acids is 1. The van der Waals surface area contributed by atoms with Gasteiger partial charge in [0, 0.05) is 85.4 Å². The molecule has 37 nitrogen and oxygen atoms in total. The maximum Gasteiger partial charge on any atom is 0.408 e. The van der Waals surface area contributed by atoms with Crippen LogP contribution in [0.1, 0.15) is 196 Å². The number of unbranched alkanes of at least 4 members (excludes halogenated alkanes) is 1. The lowest BCUT2D eigenvalue weighted by molar-refractivity contribution is -0.142. The van der Waals surface area contributed by atoms with Crippen molar-refractivity contribution in [3.05, 3.63) is 185 Å². The number of carboxylic acid groups (broad SMARTS) is 1. The van der Waals surface area contributed by atoms with Crippen molar-refractivity contribution in [2.24, 2.45) is 41.2 Å². The second kappa shape index (κ2) is 49.5. The Balaban J connectivity index is 0.606. The second-order valence-corrected chi connectivity index (χ2v) is 34.7. The smallest absolute Gasteiger partial charge is 0.408 e. The summed E-state index contributed by atoms with van der Waals surface area (Å²) in [5, 5.41) is 68.4. The molecule has 2 aliphatic carbocycles. The number of allylic oxidation sites excluding steroid dienone is 7. The van der Waals surface area contributed by atoms with E-state index >= 15 is 0 Å². The highest BCUT2D eigenvalue weighted by molar-refractivity contribution is 5.99. The van der Waals surface area contributed by atoms with Gasteiger partial charge in [0.05, 0.1) is 66.5 Å². The van der Waals surface area contributed by atoms with Gasteiger partial charge in [0.1, 0.15) is 30.8 Å². The summed E-state index contributed by atoms with van der Waals surface area (Å²) in [4.78, 5) is 159. The molecule has 3 aromatic heterocycles. The number of hydrogen-bond donors (Lipinski definition) is 15. The Labute approximate surface area is 767 Å². The normalized spacial score (nSPS) is 20.0. The number of urea groups is 1.